The molecule has 1 saturated heterocycles. The Morgan fingerprint density at radius 2 is 1.89 bits per heavy atom. The Balaban J connectivity index is 1.52. The van der Waals surface area contributed by atoms with Crippen molar-refractivity contribution in [2.45, 2.75) is 44.2 Å². The van der Waals surface area contributed by atoms with E-state index in [0.29, 0.717) is 26.1 Å². The van der Waals surface area contributed by atoms with Crippen molar-refractivity contribution in [2.24, 2.45) is 0 Å². The maximum absolute atomic E-state index is 13.1. The molecule has 2 aliphatic heterocycles. The van der Waals surface area contributed by atoms with Gasteiger partial charge in [0.15, 0.2) is 0 Å². The summed E-state index contributed by atoms with van der Waals surface area (Å²) in [5, 5.41) is 3.07. The summed E-state index contributed by atoms with van der Waals surface area (Å²) in [7, 11) is 0. The molecule has 28 heavy (non-hydrogen) atoms. The Morgan fingerprint density at radius 3 is 2.61 bits per heavy atom. The average Bonchev–Trinajstić information content (AvgIpc) is 2.72. The van der Waals surface area contributed by atoms with E-state index in [4.69, 9.17) is 4.74 Å². The first-order valence-electron chi connectivity index (χ1n) is 9.76. The molecule has 1 aromatic heterocycles. The number of carbonyl (C=O) groups excluding carboxylic acids is 2. The number of para-hydroxylation sites is 1. The number of amides is 2. The molecule has 1 fully saturated rings. The molecule has 0 saturated carbocycles. The Labute approximate surface area is 164 Å². The van der Waals surface area contributed by atoms with Crippen LogP contribution >= 0.6 is 0 Å². The third-order valence-electron chi connectivity index (χ3n) is 5.85. The number of hydrogen-bond donors (Lipinski definition) is 1. The van der Waals surface area contributed by atoms with E-state index < -0.39 is 0 Å². The smallest absolute Gasteiger partial charge is 0.228 e. The molecule has 6 nitrogen and oxygen atoms in total. The van der Waals surface area contributed by atoms with Crippen LogP contribution in [0.5, 0.6) is 5.75 Å². The fraction of sp³-hybridized carbons (Fsp3) is 0.409. The lowest BCUT2D eigenvalue weighted by atomic mass is 9.77. The molecular weight excluding hydrogens is 354 g/mol. The van der Waals surface area contributed by atoms with Crippen LogP contribution in [0.3, 0.4) is 0 Å². The number of nitrogens with one attached hydrogen (secondary N) is 1. The number of piperidine rings is 1. The van der Waals surface area contributed by atoms with Crippen LogP contribution in [0.15, 0.2) is 48.8 Å². The van der Waals surface area contributed by atoms with E-state index in [1.54, 1.807) is 19.3 Å². The molecule has 4 rings (SSSR count). The van der Waals surface area contributed by atoms with E-state index in [-0.39, 0.29) is 23.3 Å². The molecule has 0 radical (unpaired) electrons. The van der Waals surface area contributed by atoms with Crippen molar-refractivity contribution in [3.8, 4) is 5.75 Å². The SMILES string of the molecule is CC(=O)N1CCC2(CC1)CC(C(=O)NCc1ccncc1)c1ccccc1O2. The second-order valence-electron chi connectivity index (χ2n) is 7.66. The zero-order chi connectivity index (χ0) is 19.6. The summed E-state index contributed by atoms with van der Waals surface area (Å²) in [5.41, 5.74) is 1.57. The molecule has 1 aromatic carbocycles. The van der Waals surface area contributed by atoms with Crippen molar-refractivity contribution in [3.63, 3.8) is 0 Å². The highest BCUT2D eigenvalue weighted by atomic mass is 16.5. The van der Waals surface area contributed by atoms with Crippen LogP contribution in [-0.2, 0) is 16.1 Å². The summed E-state index contributed by atoms with van der Waals surface area (Å²) in [6.45, 7) is 3.42. The lowest BCUT2D eigenvalue weighted by Gasteiger charge is -2.46. The molecule has 2 aliphatic rings. The van der Waals surface area contributed by atoms with Gasteiger partial charge in [0.25, 0.3) is 0 Å². The van der Waals surface area contributed by atoms with Crippen LogP contribution in [0.4, 0.5) is 0 Å². The molecule has 1 atom stereocenters. The molecule has 6 heteroatoms. The summed E-state index contributed by atoms with van der Waals surface area (Å²) in [6.07, 6.45) is 5.58. The van der Waals surface area contributed by atoms with Gasteiger partial charge in [0.05, 0.1) is 5.92 Å². The van der Waals surface area contributed by atoms with Gasteiger partial charge >= 0.3 is 0 Å². The Morgan fingerprint density at radius 1 is 1.18 bits per heavy atom. The van der Waals surface area contributed by atoms with Crippen molar-refractivity contribution < 1.29 is 14.3 Å². The minimum atomic E-state index is -0.390. The molecule has 1 N–H and O–H groups in total. The molecule has 146 valence electrons. The van der Waals surface area contributed by atoms with Gasteiger partial charge < -0.3 is 15.0 Å². The first kappa shape index (κ1) is 18.5. The number of rotatable bonds is 3. The number of fused-ring (bicyclic) bond motifs is 1. The summed E-state index contributed by atoms with van der Waals surface area (Å²) in [4.78, 5) is 30.6. The summed E-state index contributed by atoms with van der Waals surface area (Å²) in [6, 6.07) is 11.6. The van der Waals surface area contributed by atoms with E-state index in [1.165, 1.54) is 0 Å². The predicted octanol–water partition coefficient (Wildman–Crippen LogP) is 2.65. The molecule has 2 aromatic rings. The first-order chi connectivity index (χ1) is 13.6. The van der Waals surface area contributed by atoms with Gasteiger partial charge in [0.1, 0.15) is 11.4 Å². The Bertz CT molecular complexity index is 860. The van der Waals surface area contributed by atoms with Crippen LogP contribution in [0.25, 0.3) is 0 Å². The van der Waals surface area contributed by atoms with Gasteiger partial charge in [-0.25, -0.2) is 0 Å². The third-order valence-corrected chi connectivity index (χ3v) is 5.85. The van der Waals surface area contributed by atoms with Crippen LogP contribution in [0.2, 0.25) is 0 Å². The number of pyridine rings is 1. The van der Waals surface area contributed by atoms with Gasteiger partial charge in [0.2, 0.25) is 11.8 Å². The minimum absolute atomic E-state index is 0.0148. The molecule has 1 unspecified atom stereocenters. The Kier molecular flexibility index (Phi) is 5.03. The first-order valence-corrected chi connectivity index (χ1v) is 9.76. The molecule has 2 amide bonds. The zero-order valence-corrected chi connectivity index (χ0v) is 16.1. The second kappa shape index (κ2) is 7.62. The summed E-state index contributed by atoms with van der Waals surface area (Å²) < 4.78 is 6.41. The molecular formula is C22H25N3O3. The van der Waals surface area contributed by atoms with Gasteiger partial charge in [-0.05, 0) is 23.8 Å². The molecule has 3 heterocycles. The number of carbonyl (C=O) groups is 2. The van der Waals surface area contributed by atoms with E-state index in [2.05, 4.69) is 10.3 Å². The number of benzene rings is 1. The molecule has 1 spiro atoms. The van der Waals surface area contributed by atoms with Crippen molar-refractivity contribution in [1.29, 1.82) is 0 Å². The molecule has 0 aliphatic carbocycles. The molecule has 0 bridgehead atoms. The number of likely N-dealkylation sites (tertiary alicyclic amines) is 1. The van der Waals surface area contributed by atoms with Gasteiger partial charge in [-0.2, -0.15) is 0 Å². The number of ether oxygens (including phenoxy) is 1. The summed E-state index contributed by atoms with van der Waals surface area (Å²) >= 11 is 0. The second-order valence-corrected chi connectivity index (χ2v) is 7.66. The van der Waals surface area contributed by atoms with Crippen molar-refractivity contribution >= 4 is 11.8 Å². The van der Waals surface area contributed by atoms with E-state index >= 15 is 0 Å². The fourth-order valence-electron chi connectivity index (χ4n) is 4.20. The summed E-state index contributed by atoms with van der Waals surface area (Å²) in [5.74, 6) is 0.642. The van der Waals surface area contributed by atoms with Crippen LogP contribution in [0, 0.1) is 0 Å². The monoisotopic (exact) mass is 379 g/mol. The number of nitrogens with zero attached hydrogens (tertiary/aromatic N) is 2. The topological polar surface area (TPSA) is 71.5 Å². The standard InChI is InChI=1S/C22H25N3O3/c1-16(26)25-12-8-22(9-13-25)14-19(18-4-2-3-5-20(18)28-22)21(27)24-15-17-6-10-23-11-7-17/h2-7,10-11,19H,8-9,12-15H2,1H3,(H,24,27). The quantitative estimate of drug-likeness (QED) is 0.890. The normalized spacial score (nSPS) is 20.2. The maximum atomic E-state index is 13.1. The van der Waals surface area contributed by atoms with Crippen molar-refractivity contribution in [1.82, 2.24) is 15.2 Å². The van der Waals surface area contributed by atoms with Gasteiger partial charge in [-0.1, -0.05) is 18.2 Å². The van der Waals surface area contributed by atoms with E-state index in [1.807, 2.05) is 41.3 Å². The Hall–Kier alpha value is -2.89. The predicted molar refractivity (Wildman–Crippen MR) is 105 cm³/mol. The van der Waals surface area contributed by atoms with E-state index in [9.17, 15) is 9.59 Å². The maximum Gasteiger partial charge on any atom is 0.228 e. The zero-order valence-electron chi connectivity index (χ0n) is 16.1. The van der Waals surface area contributed by atoms with Crippen LogP contribution < -0.4 is 10.1 Å². The van der Waals surface area contributed by atoms with Crippen LogP contribution in [0.1, 0.15) is 43.2 Å². The highest BCUT2D eigenvalue weighted by Crippen LogP contribution is 2.45. The van der Waals surface area contributed by atoms with Gasteiger partial charge in [-0.3, -0.25) is 14.6 Å². The van der Waals surface area contributed by atoms with Crippen molar-refractivity contribution in [2.75, 3.05) is 13.1 Å². The van der Waals surface area contributed by atoms with Crippen LogP contribution in [-0.4, -0.2) is 40.4 Å². The average molecular weight is 379 g/mol. The largest absolute Gasteiger partial charge is 0.487 e. The number of hydrogen-bond acceptors (Lipinski definition) is 4. The minimum Gasteiger partial charge on any atom is -0.487 e. The highest BCUT2D eigenvalue weighted by molar-refractivity contribution is 5.85. The lowest BCUT2D eigenvalue weighted by Crippen LogP contribution is -2.52. The van der Waals surface area contributed by atoms with E-state index in [0.717, 1.165) is 29.7 Å². The lowest BCUT2D eigenvalue weighted by molar-refractivity contribution is -0.134. The highest BCUT2D eigenvalue weighted by Gasteiger charge is 2.45. The van der Waals surface area contributed by atoms with Crippen molar-refractivity contribution in [3.05, 3.63) is 59.9 Å². The van der Waals surface area contributed by atoms with Gasteiger partial charge in [0, 0.05) is 63.8 Å². The fourth-order valence-corrected chi connectivity index (χ4v) is 4.20. The third kappa shape index (κ3) is 3.72. The van der Waals surface area contributed by atoms with Gasteiger partial charge in [-0.15, -0.1) is 0 Å². The number of aromatic nitrogens is 1.